The summed E-state index contributed by atoms with van der Waals surface area (Å²) in [6, 6.07) is 13.0. The number of carbonyl (C=O) groups is 3. The molecule has 2 aliphatic rings. The molecule has 0 fully saturated rings. The van der Waals surface area contributed by atoms with Crippen molar-refractivity contribution in [1.82, 2.24) is 25.2 Å². The Kier molecular flexibility index (Phi) is 5.69. The normalized spacial score (nSPS) is 14.1. The van der Waals surface area contributed by atoms with E-state index in [2.05, 4.69) is 31.7 Å². The van der Waals surface area contributed by atoms with Crippen LogP contribution in [0.5, 0.6) is 5.75 Å². The maximum atomic E-state index is 13.4. The Morgan fingerprint density at radius 1 is 1.16 bits per heavy atom. The minimum atomic E-state index is -0.438. The lowest BCUT2D eigenvalue weighted by Gasteiger charge is -2.28. The van der Waals surface area contributed by atoms with Crippen LogP contribution in [0.2, 0.25) is 0 Å². The zero-order valence-electron chi connectivity index (χ0n) is 20.1. The molecule has 0 radical (unpaired) electrons. The summed E-state index contributed by atoms with van der Waals surface area (Å²) in [6.45, 7) is 1.09. The molecular formula is C27H21N7O4. The molecule has 4 aromatic rings. The molecule has 0 aliphatic carbocycles. The Hall–Kier alpha value is -5.24. The summed E-state index contributed by atoms with van der Waals surface area (Å²) < 4.78 is 5.36. The zero-order valence-corrected chi connectivity index (χ0v) is 20.1. The molecule has 11 nitrogen and oxygen atoms in total. The van der Waals surface area contributed by atoms with E-state index in [1.165, 1.54) is 6.33 Å². The minimum absolute atomic E-state index is 0.0272. The minimum Gasteiger partial charge on any atom is -0.482 e. The second kappa shape index (κ2) is 9.33. The SMILES string of the molecule is N#Cc1ccc2c(c1)CN(C(=O)c1c[nH]c3c(C(=O)NCc4ccc5c(c4)NC(=O)CO5)ncnc13)CC2. The summed E-state index contributed by atoms with van der Waals surface area (Å²) in [5.74, 6) is -0.317. The Balaban J connectivity index is 1.19. The quantitative estimate of drug-likeness (QED) is 0.383. The van der Waals surface area contributed by atoms with Crippen molar-refractivity contribution in [2.45, 2.75) is 19.5 Å². The fourth-order valence-electron chi connectivity index (χ4n) is 4.75. The van der Waals surface area contributed by atoms with E-state index in [1.807, 2.05) is 12.1 Å². The standard InChI is InChI=1S/C27H21N7O4/c28-9-15-1-3-17-5-6-34(12-18(17)7-15)27(37)19-11-29-24-23(19)31-14-32-25(24)26(36)30-10-16-2-4-21-20(8-16)33-22(35)13-38-21/h1-4,7-8,11,14,29H,5-6,10,12-13H2,(H,30,36)(H,33,35). The molecule has 188 valence electrons. The van der Waals surface area contributed by atoms with E-state index in [1.54, 1.807) is 35.4 Å². The summed E-state index contributed by atoms with van der Waals surface area (Å²) in [4.78, 5) is 51.1. The molecule has 0 unspecified atom stereocenters. The highest BCUT2D eigenvalue weighted by Gasteiger charge is 2.26. The van der Waals surface area contributed by atoms with Crippen molar-refractivity contribution in [3.8, 4) is 11.8 Å². The number of hydrogen-bond acceptors (Lipinski definition) is 7. The molecule has 6 rings (SSSR count). The Morgan fingerprint density at radius 3 is 2.92 bits per heavy atom. The lowest BCUT2D eigenvalue weighted by atomic mass is 9.97. The number of benzene rings is 2. The van der Waals surface area contributed by atoms with E-state index in [4.69, 9.17) is 4.74 Å². The van der Waals surface area contributed by atoms with Gasteiger partial charge in [0, 0.05) is 25.8 Å². The number of anilines is 1. The lowest BCUT2D eigenvalue weighted by molar-refractivity contribution is -0.118. The highest BCUT2D eigenvalue weighted by molar-refractivity contribution is 6.10. The maximum absolute atomic E-state index is 13.4. The van der Waals surface area contributed by atoms with Gasteiger partial charge in [-0.1, -0.05) is 12.1 Å². The summed E-state index contributed by atoms with van der Waals surface area (Å²) >= 11 is 0. The first-order valence-corrected chi connectivity index (χ1v) is 12.0. The largest absolute Gasteiger partial charge is 0.482 e. The average Bonchev–Trinajstić information content (AvgIpc) is 3.39. The van der Waals surface area contributed by atoms with Crippen LogP contribution < -0.4 is 15.4 Å². The van der Waals surface area contributed by atoms with Crippen LogP contribution in [0.15, 0.2) is 48.9 Å². The molecule has 2 aromatic heterocycles. The average molecular weight is 508 g/mol. The van der Waals surface area contributed by atoms with Crippen molar-refractivity contribution >= 4 is 34.4 Å². The zero-order chi connectivity index (χ0) is 26.2. The molecular weight excluding hydrogens is 486 g/mol. The number of aromatic amines is 1. The molecule has 0 saturated carbocycles. The lowest BCUT2D eigenvalue weighted by Crippen LogP contribution is -2.36. The van der Waals surface area contributed by atoms with Gasteiger partial charge in [0.25, 0.3) is 17.7 Å². The molecule has 3 N–H and O–H groups in total. The van der Waals surface area contributed by atoms with Crippen molar-refractivity contribution < 1.29 is 19.1 Å². The number of rotatable bonds is 4. The summed E-state index contributed by atoms with van der Waals surface area (Å²) in [5, 5.41) is 14.8. The monoisotopic (exact) mass is 507 g/mol. The van der Waals surface area contributed by atoms with Crippen LogP contribution in [-0.4, -0.2) is 50.7 Å². The van der Waals surface area contributed by atoms with Crippen molar-refractivity contribution in [3.05, 3.63) is 82.4 Å². The molecule has 4 heterocycles. The number of ether oxygens (including phenoxy) is 1. The van der Waals surface area contributed by atoms with Crippen LogP contribution in [0.1, 0.15) is 43.1 Å². The molecule has 11 heteroatoms. The summed E-state index contributed by atoms with van der Waals surface area (Å²) in [7, 11) is 0. The first kappa shape index (κ1) is 23.2. The van der Waals surface area contributed by atoms with E-state index in [0.29, 0.717) is 53.1 Å². The van der Waals surface area contributed by atoms with Gasteiger partial charge < -0.3 is 25.3 Å². The number of carbonyl (C=O) groups excluding carboxylic acids is 3. The molecule has 0 saturated heterocycles. The van der Waals surface area contributed by atoms with E-state index < -0.39 is 5.91 Å². The maximum Gasteiger partial charge on any atom is 0.272 e. The second-order valence-electron chi connectivity index (χ2n) is 9.07. The topological polar surface area (TPSA) is 153 Å². The van der Waals surface area contributed by atoms with E-state index in [9.17, 15) is 19.6 Å². The number of nitriles is 1. The van der Waals surface area contributed by atoms with Crippen LogP contribution in [0.3, 0.4) is 0 Å². The van der Waals surface area contributed by atoms with Crippen LogP contribution in [0.25, 0.3) is 11.0 Å². The van der Waals surface area contributed by atoms with Crippen LogP contribution in [0, 0.1) is 11.3 Å². The van der Waals surface area contributed by atoms with Gasteiger partial charge in [-0.2, -0.15) is 5.26 Å². The second-order valence-corrected chi connectivity index (χ2v) is 9.07. The fourth-order valence-corrected chi connectivity index (χ4v) is 4.75. The number of amides is 3. The fraction of sp³-hybridized carbons (Fsp3) is 0.185. The summed E-state index contributed by atoms with van der Waals surface area (Å²) in [6.07, 6.45) is 3.50. The third-order valence-electron chi connectivity index (χ3n) is 6.67. The first-order valence-electron chi connectivity index (χ1n) is 12.0. The molecule has 3 amide bonds. The van der Waals surface area contributed by atoms with Gasteiger partial charge in [-0.25, -0.2) is 9.97 Å². The van der Waals surface area contributed by atoms with Gasteiger partial charge in [0.05, 0.1) is 28.4 Å². The predicted octanol–water partition coefficient (Wildman–Crippen LogP) is 2.29. The number of nitrogens with zero attached hydrogens (tertiary/aromatic N) is 4. The molecule has 2 aliphatic heterocycles. The number of aromatic nitrogens is 3. The van der Waals surface area contributed by atoms with Gasteiger partial charge in [-0.3, -0.25) is 14.4 Å². The molecule has 38 heavy (non-hydrogen) atoms. The number of nitrogens with one attached hydrogen (secondary N) is 3. The van der Waals surface area contributed by atoms with Gasteiger partial charge in [-0.15, -0.1) is 0 Å². The van der Waals surface area contributed by atoms with Crippen molar-refractivity contribution in [3.63, 3.8) is 0 Å². The van der Waals surface area contributed by atoms with Crippen molar-refractivity contribution in [1.29, 1.82) is 5.26 Å². The molecule has 0 atom stereocenters. The van der Waals surface area contributed by atoms with Crippen LogP contribution >= 0.6 is 0 Å². The number of H-pyrrole nitrogens is 1. The molecule has 0 spiro atoms. The highest BCUT2D eigenvalue weighted by atomic mass is 16.5. The first-order chi connectivity index (χ1) is 18.5. The third kappa shape index (κ3) is 4.18. The van der Waals surface area contributed by atoms with Crippen LogP contribution in [-0.2, 0) is 24.3 Å². The van der Waals surface area contributed by atoms with E-state index in [0.717, 1.165) is 16.7 Å². The van der Waals surface area contributed by atoms with E-state index in [-0.39, 0.29) is 30.7 Å². The number of hydrogen-bond donors (Lipinski definition) is 3. The molecule has 0 bridgehead atoms. The smallest absolute Gasteiger partial charge is 0.272 e. The Labute approximate surface area is 216 Å². The van der Waals surface area contributed by atoms with Gasteiger partial charge >= 0.3 is 0 Å². The Morgan fingerprint density at radius 2 is 2.05 bits per heavy atom. The third-order valence-corrected chi connectivity index (χ3v) is 6.67. The highest BCUT2D eigenvalue weighted by Crippen LogP contribution is 2.29. The number of fused-ring (bicyclic) bond motifs is 3. The Bertz CT molecular complexity index is 1670. The summed E-state index contributed by atoms with van der Waals surface area (Å²) in [5.41, 5.74) is 5.14. The van der Waals surface area contributed by atoms with Crippen LogP contribution in [0.4, 0.5) is 5.69 Å². The van der Waals surface area contributed by atoms with Gasteiger partial charge in [-0.05, 0) is 47.4 Å². The molecule has 2 aromatic carbocycles. The van der Waals surface area contributed by atoms with Gasteiger partial charge in [0.1, 0.15) is 17.6 Å². The van der Waals surface area contributed by atoms with Gasteiger partial charge in [0.2, 0.25) is 0 Å². The van der Waals surface area contributed by atoms with Crippen molar-refractivity contribution in [2.24, 2.45) is 0 Å². The predicted molar refractivity (Wildman–Crippen MR) is 135 cm³/mol. The van der Waals surface area contributed by atoms with Crippen molar-refractivity contribution in [2.75, 3.05) is 18.5 Å². The van der Waals surface area contributed by atoms with E-state index >= 15 is 0 Å². The van der Waals surface area contributed by atoms with Gasteiger partial charge in [0.15, 0.2) is 12.3 Å².